The number of benzene rings is 1. The molecule has 6 nitrogen and oxygen atoms in total. The van der Waals surface area contributed by atoms with E-state index in [1.165, 1.54) is 30.9 Å². The normalized spacial score (nSPS) is 23.8. The Bertz CT molecular complexity index is 837. The molecule has 2 unspecified atom stereocenters. The molecule has 1 spiro atoms. The van der Waals surface area contributed by atoms with Gasteiger partial charge in [-0.15, -0.1) is 0 Å². The molecule has 8 heteroatoms. The molecule has 2 aliphatic carbocycles. The number of rotatable bonds is 7. The molecule has 156 valence electrons. The van der Waals surface area contributed by atoms with Crippen LogP contribution in [0, 0.1) is 11.2 Å². The van der Waals surface area contributed by atoms with Crippen molar-refractivity contribution >= 4 is 15.8 Å². The third-order valence-corrected chi connectivity index (χ3v) is 6.84. The molecule has 2 atom stereocenters. The Hall–Kier alpha value is -1.67. The summed E-state index contributed by atoms with van der Waals surface area (Å²) in [7, 11) is -1.50. The summed E-state index contributed by atoms with van der Waals surface area (Å²) < 4.78 is 42.9. The van der Waals surface area contributed by atoms with Gasteiger partial charge in [0.15, 0.2) is 15.8 Å². The molecule has 0 amide bonds. The van der Waals surface area contributed by atoms with Crippen LogP contribution in [0.25, 0.3) is 0 Å². The van der Waals surface area contributed by atoms with E-state index >= 15 is 0 Å². The Labute approximate surface area is 166 Å². The summed E-state index contributed by atoms with van der Waals surface area (Å²) in [4.78, 5) is 4.29. The Balaban J connectivity index is 1.63. The summed E-state index contributed by atoms with van der Waals surface area (Å²) in [6.45, 7) is 3.06. The van der Waals surface area contributed by atoms with Crippen LogP contribution < -0.4 is 10.6 Å². The zero-order valence-electron chi connectivity index (χ0n) is 16.8. The van der Waals surface area contributed by atoms with Crippen LogP contribution in [0.15, 0.2) is 23.2 Å². The van der Waals surface area contributed by atoms with Gasteiger partial charge in [-0.05, 0) is 49.4 Å². The van der Waals surface area contributed by atoms with Crippen LogP contribution in [0.1, 0.15) is 43.7 Å². The molecule has 28 heavy (non-hydrogen) atoms. The minimum Gasteiger partial charge on any atom is -0.378 e. The summed E-state index contributed by atoms with van der Waals surface area (Å²) in [5.41, 5.74) is 1.42. The van der Waals surface area contributed by atoms with E-state index in [1.54, 1.807) is 7.05 Å². The molecule has 0 bridgehead atoms. The Morgan fingerprint density at radius 1 is 1.36 bits per heavy atom. The van der Waals surface area contributed by atoms with Crippen molar-refractivity contribution < 1.29 is 17.5 Å². The highest BCUT2D eigenvalue weighted by atomic mass is 32.2. The van der Waals surface area contributed by atoms with Crippen molar-refractivity contribution in [1.82, 2.24) is 10.6 Å². The molecule has 0 radical (unpaired) electrons. The predicted octanol–water partition coefficient (Wildman–Crippen LogP) is 2.38. The maximum absolute atomic E-state index is 13.7. The molecule has 3 rings (SSSR count). The summed E-state index contributed by atoms with van der Waals surface area (Å²) in [6.07, 6.45) is 5.99. The lowest BCUT2D eigenvalue weighted by molar-refractivity contribution is -0.168. The number of nitrogens with zero attached hydrogens (tertiary/aromatic N) is 1. The fourth-order valence-corrected chi connectivity index (χ4v) is 5.21. The number of sulfone groups is 1. The summed E-state index contributed by atoms with van der Waals surface area (Å²) >= 11 is 0. The molecule has 2 aliphatic rings. The summed E-state index contributed by atoms with van der Waals surface area (Å²) in [5, 5.41) is 6.69. The molecule has 0 aliphatic heterocycles. The number of nitrogens with one attached hydrogen (secondary N) is 2. The van der Waals surface area contributed by atoms with Crippen LogP contribution in [0.4, 0.5) is 4.39 Å². The van der Waals surface area contributed by atoms with Crippen LogP contribution >= 0.6 is 0 Å². The summed E-state index contributed by atoms with van der Waals surface area (Å²) in [5.74, 6) is 0.141. The van der Waals surface area contributed by atoms with Gasteiger partial charge in [0.1, 0.15) is 5.82 Å². The standard InChI is InChI=1S/C20H30FN3O3S/c1-4-27-18-11-17(20(18)8-5-9-20)24-19(22-2)23-12-15-10-16(21)7-6-14(15)13-28(3,25)26/h6-7,10,17-18H,4-5,8-9,11-13H2,1-3H3,(H2,22,23,24). The maximum Gasteiger partial charge on any atom is 0.191 e. The van der Waals surface area contributed by atoms with E-state index < -0.39 is 9.84 Å². The topological polar surface area (TPSA) is 79.8 Å². The lowest BCUT2D eigenvalue weighted by Crippen LogP contribution is -2.68. The smallest absolute Gasteiger partial charge is 0.191 e. The first kappa shape index (κ1) is 21.0. The Morgan fingerprint density at radius 3 is 2.68 bits per heavy atom. The third-order valence-electron chi connectivity index (χ3n) is 6.00. The van der Waals surface area contributed by atoms with Crippen molar-refractivity contribution in [3.63, 3.8) is 0 Å². The van der Waals surface area contributed by atoms with E-state index in [0.717, 1.165) is 25.9 Å². The zero-order chi connectivity index (χ0) is 20.4. The number of hydrogen-bond acceptors (Lipinski definition) is 4. The molecular formula is C20H30FN3O3S. The average molecular weight is 412 g/mol. The van der Waals surface area contributed by atoms with Crippen molar-refractivity contribution in [3.05, 3.63) is 35.1 Å². The number of guanidine groups is 1. The molecular weight excluding hydrogens is 381 g/mol. The molecule has 2 saturated carbocycles. The van der Waals surface area contributed by atoms with Crippen molar-refractivity contribution in [1.29, 1.82) is 0 Å². The SMILES string of the molecule is CCOC1CC(NC(=NC)NCc2cc(F)ccc2CS(C)(=O)=O)C12CCC2. The second-order valence-electron chi connectivity index (χ2n) is 7.87. The van der Waals surface area contributed by atoms with Crippen LogP contribution in [-0.4, -0.2) is 46.4 Å². The molecule has 1 aromatic rings. The third kappa shape index (κ3) is 4.49. The largest absolute Gasteiger partial charge is 0.378 e. The van der Waals surface area contributed by atoms with Gasteiger partial charge in [0.25, 0.3) is 0 Å². The fraction of sp³-hybridized carbons (Fsp3) is 0.650. The highest BCUT2D eigenvalue weighted by molar-refractivity contribution is 7.89. The van der Waals surface area contributed by atoms with Crippen molar-refractivity contribution in [3.8, 4) is 0 Å². The quantitative estimate of drug-likeness (QED) is 0.532. The molecule has 1 aromatic carbocycles. The van der Waals surface area contributed by atoms with E-state index in [9.17, 15) is 12.8 Å². The van der Waals surface area contributed by atoms with E-state index in [0.29, 0.717) is 35.8 Å². The van der Waals surface area contributed by atoms with E-state index in [1.807, 2.05) is 6.92 Å². The molecule has 2 fully saturated rings. The van der Waals surface area contributed by atoms with Gasteiger partial charge in [-0.1, -0.05) is 12.5 Å². The van der Waals surface area contributed by atoms with Gasteiger partial charge in [-0.25, -0.2) is 12.8 Å². The highest BCUT2D eigenvalue weighted by Gasteiger charge is 2.59. The predicted molar refractivity (Wildman–Crippen MR) is 108 cm³/mol. The lowest BCUT2D eigenvalue weighted by Gasteiger charge is -2.61. The van der Waals surface area contributed by atoms with Gasteiger partial charge in [0.2, 0.25) is 0 Å². The second kappa shape index (κ2) is 8.37. The van der Waals surface area contributed by atoms with Gasteiger partial charge in [0.05, 0.1) is 11.9 Å². The van der Waals surface area contributed by atoms with Crippen molar-refractivity contribution in [2.75, 3.05) is 19.9 Å². The first-order valence-corrected chi connectivity index (χ1v) is 11.9. The first-order chi connectivity index (χ1) is 13.3. The maximum atomic E-state index is 13.7. The van der Waals surface area contributed by atoms with Gasteiger partial charge in [0, 0.05) is 37.9 Å². The molecule has 0 aromatic heterocycles. The number of ether oxygens (including phenoxy) is 1. The summed E-state index contributed by atoms with van der Waals surface area (Å²) in [6, 6.07) is 4.51. The highest BCUT2D eigenvalue weighted by Crippen LogP contribution is 2.57. The van der Waals surface area contributed by atoms with Gasteiger partial charge < -0.3 is 15.4 Å². The minimum atomic E-state index is -3.20. The van der Waals surface area contributed by atoms with E-state index in [2.05, 4.69) is 15.6 Å². The molecule has 0 heterocycles. The van der Waals surface area contributed by atoms with Crippen LogP contribution in [0.3, 0.4) is 0 Å². The average Bonchev–Trinajstić information content (AvgIpc) is 2.56. The van der Waals surface area contributed by atoms with E-state index in [-0.39, 0.29) is 17.0 Å². The van der Waals surface area contributed by atoms with Crippen molar-refractivity contribution in [2.24, 2.45) is 10.4 Å². The Kier molecular flexibility index (Phi) is 6.29. The number of aliphatic imine (C=N–C) groups is 1. The second-order valence-corrected chi connectivity index (χ2v) is 10.0. The molecule has 0 saturated heterocycles. The minimum absolute atomic E-state index is 0.113. The zero-order valence-corrected chi connectivity index (χ0v) is 17.6. The van der Waals surface area contributed by atoms with E-state index in [4.69, 9.17) is 4.74 Å². The van der Waals surface area contributed by atoms with Crippen molar-refractivity contribution in [2.45, 2.75) is 57.1 Å². The van der Waals surface area contributed by atoms with Gasteiger partial charge >= 0.3 is 0 Å². The fourth-order valence-electron chi connectivity index (χ4n) is 4.36. The van der Waals surface area contributed by atoms with Gasteiger partial charge in [-0.2, -0.15) is 0 Å². The lowest BCUT2D eigenvalue weighted by atomic mass is 9.51. The molecule has 2 N–H and O–H groups in total. The first-order valence-electron chi connectivity index (χ1n) is 9.81. The van der Waals surface area contributed by atoms with Gasteiger partial charge in [-0.3, -0.25) is 4.99 Å². The number of hydrogen-bond donors (Lipinski definition) is 2. The van der Waals surface area contributed by atoms with Crippen LogP contribution in [0.5, 0.6) is 0 Å². The van der Waals surface area contributed by atoms with Crippen LogP contribution in [0.2, 0.25) is 0 Å². The van der Waals surface area contributed by atoms with Crippen LogP contribution in [-0.2, 0) is 26.9 Å². The number of halogens is 1. The Morgan fingerprint density at radius 2 is 2.11 bits per heavy atom. The monoisotopic (exact) mass is 411 g/mol.